The molecule has 19 heavy (non-hydrogen) atoms. The zero-order chi connectivity index (χ0) is 13.8. The highest BCUT2D eigenvalue weighted by molar-refractivity contribution is 6.31. The smallest absolute Gasteiger partial charge is 0.124 e. The van der Waals surface area contributed by atoms with Gasteiger partial charge in [-0.15, -0.1) is 5.10 Å². The van der Waals surface area contributed by atoms with Crippen molar-refractivity contribution in [2.45, 2.75) is 19.4 Å². The van der Waals surface area contributed by atoms with Crippen LogP contribution in [-0.4, -0.2) is 21.5 Å². The van der Waals surface area contributed by atoms with E-state index in [2.05, 4.69) is 22.6 Å². The molecule has 2 aromatic rings. The van der Waals surface area contributed by atoms with Crippen LogP contribution in [0.25, 0.3) is 0 Å². The number of hydrogen-bond acceptors (Lipinski definition) is 3. The second kappa shape index (κ2) is 6.12. The van der Waals surface area contributed by atoms with Crippen molar-refractivity contribution in [1.82, 2.24) is 20.3 Å². The molecule has 1 heterocycles. The van der Waals surface area contributed by atoms with Gasteiger partial charge in [-0.25, -0.2) is 4.39 Å². The number of halogens is 2. The molecule has 0 spiro atoms. The van der Waals surface area contributed by atoms with Gasteiger partial charge in [-0.3, -0.25) is 4.68 Å². The number of nitrogens with zero attached hydrogens (tertiary/aromatic N) is 3. The number of rotatable bonds is 5. The highest BCUT2D eigenvalue weighted by atomic mass is 35.5. The highest BCUT2D eigenvalue weighted by Gasteiger charge is 2.20. The van der Waals surface area contributed by atoms with Crippen LogP contribution in [0.1, 0.15) is 30.6 Å². The molecular weight excluding hydrogens is 267 g/mol. The van der Waals surface area contributed by atoms with Crippen LogP contribution < -0.4 is 5.32 Å². The Labute approximate surface area is 116 Å². The first-order valence-corrected chi connectivity index (χ1v) is 6.54. The molecule has 1 aromatic carbocycles. The predicted octanol–water partition coefficient (Wildman–Crippen LogP) is 2.70. The minimum Gasteiger partial charge on any atom is -0.305 e. The maximum Gasteiger partial charge on any atom is 0.124 e. The summed E-state index contributed by atoms with van der Waals surface area (Å²) in [4.78, 5) is 0. The van der Waals surface area contributed by atoms with Crippen LogP contribution in [0.15, 0.2) is 24.4 Å². The van der Waals surface area contributed by atoms with Crippen LogP contribution in [0.3, 0.4) is 0 Å². The first-order valence-electron chi connectivity index (χ1n) is 6.16. The Morgan fingerprint density at radius 2 is 2.26 bits per heavy atom. The van der Waals surface area contributed by atoms with E-state index < -0.39 is 0 Å². The molecule has 0 fully saturated rings. The van der Waals surface area contributed by atoms with Gasteiger partial charge in [0.1, 0.15) is 5.82 Å². The molecule has 0 amide bonds. The van der Waals surface area contributed by atoms with Gasteiger partial charge in [-0.1, -0.05) is 29.8 Å². The Balaban J connectivity index is 2.40. The predicted molar refractivity (Wildman–Crippen MR) is 72.5 cm³/mol. The van der Waals surface area contributed by atoms with E-state index in [4.69, 9.17) is 11.6 Å². The first kappa shape index (κ1) is 14.0. The van der Waals surface area contributed by atoms with Crippen molar-refractivity contribution < 1.29 is 4.39 Å². The molecule has 2 rings (SSSR count). The Bertz CT molecular complexity index is 555. The summed E-state index contributed by atoms with van der Waals surface area (Å²) in [7, 11) is 1.82. The minimum absolute atomic E-state index is 0.145. The summed E-state index contributed by atoms with van der Waals surface area (Å²) in [5, 5.41) is 11.6. The van der Waals surface area contributed by atoms with E-state index in [0.717, 1.165) is 24.2 Å². The Kier molecular flexibility index (Phi) is 4.50. The maximum absolute atomic E-state index is 13.1. The molecule has 1 atom stereocenters. The van der Waals surface area contributed by atoms with Gasteiger partial charge in [0.15, 0.2) is 0 Å². The summed E-state index contributed by atoms with van der Waals surface area (Å²) >= 11 is 6.14. The van der Waals surface area contributed by atoms with Crippen molar-refractivity contribution in [1.29, 1.82) is 0 Å². The fraction of sp³-hybridized carbons (Fsp3) is 0.385. The average molecular weight is 283 g/mol. The standard InChI is InChI=1S/C13H16ClFN4/c1-3-6-16-13(12-8-17-18-19(12)2)10-5-4-9(15)7-11(10)14/h4-5,7-8,13,16H,3,6H2,1-2H3. The Hall–Kier alpha value is -1.46. The SMILES string of the molecule is CCCNC(c1ccc(F)cc1Cl)c1cnnn1C. The number of hydrogen-bond donors (Lipinski definition) is 1. The zero-order valence-corrected chi connectivity index (χ0v) is 11.7. The molecule has 1 N–H and O–H groups in total. The van der Waals surface area contributed by atoms with Crippen molar-refractivity contribution in [2.24, 2.45) is 7.05 Å². The number of aryl methyl sites for hydroxylation is 1. The van der Waals surface area contributed by atoms with Crippen LogP contribution in [0.5, 0.6) is 0 Å². The molecule has 4 nitrogen and oxygen atoms in total. The highest BCUT2D eigenvalue weighted by Crippen LogP contribution is 2.28. The van der Waals surface area contributed by atoms with Gasteiger partial charge in [-0.2, -0.15) is 0 Å². The summed E-state index contributed by atoms with van der Waals surface area (Å²) in [6, 6.07) is 4.28. The van der Waals surface area contributed by atoms with E-state index in [-0.39, 0.29) is 11.9 Å². The normalized spacial score (nSPS) is 12.6. The molecule has 0 radical (unpaired) electrons. The molecule has 1 unspecified atom stereocenters. The van der Waals surface area contributed by atoms with Gasteiger partial charge in [-0.05, 0) is 30.7 Å². The van der Waals surface area contributed by atoms with E-state index >= 15 is 0 Å². The third-order valence-electron chi connectivity index (χ3n) is 2.92. The average Bonchev–Trinajstić information content (AvgIpc) is 2.78. The molecule has 0 bridgehead atoms. The molecule has 0 aliphatic carbocycles. The zero-order valence-electron chi connectivity index (χ0n) is 10.9. The number of nitrogens with one attached hydrogen (secondary N) is 1. The minimum atomic E-state index is -0.342. The topological polar surface area (TPSA) is 42.7 Å². The van der Waals surface area contributed by atoms with Gasteiger partial charge >= 0.3 is 0 Å². The van der Waals surface area contributed by atoms with Gasteiger partial charge in [0, 0.05) is 12.1 Å². The lowest BCUT2D eigenvalue weighted by Gasteiger charge is -2.19. The molecule has 0 aliphatic heterocycles. The lowest BCUT2D eigenvalue weighted by Crippen LogP contribution is -2.25. The molecule has 6 heteroatoms. The second-order valence-electron chi connectivity index (χ2n) is 4.34. The van der Waals surface area contributed by atoms with Crippen molar-refractivity contribution in [2.75, 3.05) is 6.54 Å². The van der Waals surface area contributed by atoms with Crippen molar-refractivity contribution in [3.8, 4) is 0 Å². The van der Waals surface area contributed by atoms with Gasteiger partial charge < -0.3 is 5.32 Å². The monoisotopic (exact) mass is 282 g/mol. The largest absolute Gasteiger partial charge is 0.305 e. The van der Waals surface area contributed by atoms with Crippen LogP contribution in [-0.2, 0) is 7.05 Å². The van der Waals surface area contributed by atoms with E-state index in [0.29, 0.717) is 5.02 Å². The fourth-order valence-corrected chi connectivity index (χ4v) is 2.23. The van der Waals surface area contributed by atoms with E-state index in [9.17, 15) is 4.39 Å². The van der Waals surface area contributed by atoms with Crippen LogP contribution in [0, 0.1) is 5.82 Å². The summed E-state index contributed by atoms with van der Waals surface area (Å²) in [5.41, 5.74) is 1.71. The third kappa shape index (κ3) is 3.11. The molecule has 0 saturated heterocycles. The van der Waals surface area contributed by atoms with E-state index in [1.807, 2.05) is 7.05 Å². The lowest BCUT2D eigenvalue weighted by molar-refractivity contribution is 0.549. The van der Waals surface area contributed by atoms with Crippen LogP contribution in [0.4, 0.5) is 4.39 Å². The number of aromatic nitrogens is 3. The summed E-state index contributed by atoms with van der Waals surface area (Å²) in [6.07, 6.45) is 2.67. The van der Waals surface area contributed by atoms with Crippen LogP contribution in [0.2, 0.25) is 5.02 Å². The molecule has 0 saturated carbocycles. The van der Waals surface area contributed by atoms with Crippen molar-refractivity contribution in [3.63, 3.8) is 0 Å². The maximum atomic E-state index is 13.1. The van der Waals surface area contributed by atoms with Crippen LogP contribution >= 0.6 is 11.6 Å². The number of benzene rings is 1. The summed E-state index contributed by atoms with van der Waals surface area (Å²) < 4.78 is 14.8. The molecular formula is C13H16ClFN4. The molecule has 102 valence electrons. The van der Waals surface area contributed by atoms with Gasteiger partial charge in [0.25, 0.3) is 0 Å². The van der Waals surface area contributed by atoms with Crippen molar-refractivity contribution in [3.05, 3.63) is 46.5 Å². The fourth-order valence-electron chi connectivity index (χ4n) is 1.96. The molecule has 0 aliphatic rings. The van der Waals surface area contributed by atoms with Gasteiger partial charge in [0.2, 0.25) is 0 Å². The third-order valence-corrected chi connectivity index (χ3v) is 3.24. The first-order chi connectivity index (χ1) is 9.13. The van der Waals surface area contributed by atoms with E-state index in [1.54, 1.807) is 16.9 Å². The Morgan fingerprint density at radius 1 is 1.47 bits per heavy atom. The van der Waals surface area contributed by atoms with Gasteiger partial charge in [0.05, 0.1) is 17.9 Å². The quantitative estimate of drug-likeness (QED) is 0.917. The summed E-state index contributed by atoms with van der Waals surface area (Å²) in [6.45, 7) is 2.90. The molecule has 1 aromatic heterocycles. The van der Waals surface area contributed by atoms with Crippen molar-refractivity contribution >= 4 is 11.6 Å². The summed E-state index contributed by atoms with van der Waals surface area (Å²) in [5.74, 6) is -0.342. The van der Waals surface area contributed by atoms with E-state index in [1.165, 1.54) is 12.1 Å². The second-order valence-corrected chi connectivity index (χ2v) is 4.74. The Morgan fingerprint density at radius 3 is 2.84 bits per heavy atom. The lowest BCUT2D eigenvalue weighted by atomic mass is 10.0.